The monoisotopic (exact) mass is 325 g/mol. The Morgan fingerprint density at radius 2 is 1.79 bits per heavy atom. The summed E-state index contributed by atoms with van der Waals surface area (Å²) in [6.07, 6.45) is 8.47. The molecule has 2 fully saturated rings. The topological polar surface area (TPSA) is 38.2 Å². The van der Waals surface area contributed by atoms with Crippen LogP contribution in [0.3, 0.4) is 0 Å². The second-order valence-corrected chi connectivity index (χ2v) is 7.22. The molecule has 3 rings (SSSR count). The average Bonchev–Trinajstić information content (AvgIpc) is 2.75. The zero-order valence-corrected chi connectivity index (χ0v) is 13.1. The SMILES string of the molecule is CC1(C)CN(c2ncc(Br)cn2)CC2(CCCC2)O1. The largest absolute Gasteiger partial charge is 0.365 e. The van der Waals surface area contributed by atoms with Gasteiger partial charge in [-0.1, -0.05) is 12.8 Å². The van der Waals surface area contributed by atoms with E-state index >= 15 is 0 Å². The highest BCUT2D eigenvalue weighted by molar-refractivity contribution is 9.10. The van der Waals surface area contributed by atoms with Crippen LogP contribution in [0.1, 0.15) is 39.5 Å². The summed E-state index contributed by atoms with van der Waals surface area (Å²) in [6.45, 7) is 6.09. The minimum Gasteiger partial charge on any atom is -0.365 e. The molecule has 104 valence electrons. The highest BCUT2D eigenvalue weighted by Crippen LogP contribution is 2.41. The molecule has 0 atom stereocenters. The third-order valence-electron chi connectivity index (χ3n) is 3.95. The molecule has 2 aliphatic rings. The van der Waals surface area contributed by atoms with Gasteiger partial charge in [0, 0.05) is 18.9 Å². The Labute approximate surface area is 122 Å². The third-order valence-corrected chi connectivity index (χ3v) is 4.36. The molecule has 5 heteroatoms. The maximum absolute atomic E-state index is 6.39. The number of nitrogens with zero attached hydrogens (tertiary/aromatic N) is 3. The zero-order chi connectivity index (χ0) is 13.5. The van der Waals surface area contributed by atoms with Crippen molar-refractivity contribution in [1.82, 2.24) is 9.97 Å². The molecule has 0 N–H and O–H groups in total. The van der Waals surface area contributed by atoms with Crippen LogP contribution in [0, 0.1) is 0 Å². The summed E-state index contributed by atoms with van der Waals surface area (Å²) in [5.74, 6) is 0.811. The predicted octanol–water partition coefficient (Wildman–Crippen LogP) is 3.17. The molecular weight excluding hydrogens is 306 g/mol. The Morgan fingerprint density at radius 1 is 1.16 bits per heavy atom. The van der Waals surface area contributed by atoms with E-state index < -0.39 is 0 Å². The van der Waals surface area contributed by atoms with Crippen LogP contribution in [-0.2, 0) is 4.74 Å². The van der Waals surface area contributed by atoms with E-state index in [1.165, 1.54) is 12.8 Å². The van der Waals surface area contributed by atoms with E-state index in [-0.39, 0.29) is 11.2 Å². The Kier molecular flexibility index (Phi) is 3.29. The van der Waals surface area contributed by atoms with E-state index in [9.17, 15) is 0 Å². The van der Waals surface area contributed by atoms with Gasteiger partial charge in [-0.3, -0.25) is 0 Å². The van der Waals surface area contributed by atoms with Crippen molar-refractivity contribution in [1.29, 1.82) is 0 Å². The van der Waals surface area contributed by atoms with Crippen molar-refractivity contribution in [3.63, 3.8) is 0 Å². The van der Waals surface area contributed by atoms with Crippen LogP contribution in [0.4, 0.5) is 5.95 Å². The van der Waals surface area contributed by atoms with Crippen molar-refractivity contribution in [2.45, 2.75) is 50.7 Å². The maximum atomic E-state index is 6.39. The van der Waals surface area contributed by atoms with Gasteiger partial charge in [0.05, 0.1) is 22.2 Å². The maximum Gasteiger partial charge on any atom is 0.225 e. The van der Waals surface area contributed by atoms with Gasteiger partial charge in [0.2, 0.25) is 5.95 Å². The van der Waals surface area contributed by atoms with Crippen molar-refractivity contribution >= 4 is 21.9 Å². The molecule has 0 amide bonds. The molecule has 1 saturated heterocycles. The quantitative estimate of drug-likeness (QED) is 0.795. The van der Waals surface area contributed by atoms with Gasteiger partial charge in [-0.05, 0) is 42.6 Å². The van der Waals surface area contributed by atoms with Gasteiger partial charge in [-0.15, -0.1) is 0 Å². The lowest BCUT2D eigenvalue weighted by atomic mass is 9.94. The first-order valence-corrected chi connectivity index (χ1v) is 7.70. The lowest BCUT2D eigenvalue weighted by Crippen LogP contribution is -2.59. The Morgan fingerprint density at radius 3 is 2.42 bits per heavy atom. The number of rotatable bonds is 1. The molecule has 1 spiro atoms. The lowest BCUT2D eigenvalue weighted by Gasteiger charge is -2.48. The normalized spacial score (nSPS) is 24.9. The highest BCUT2D eigenvalue weighted by atomic mass is 79.9. The number of hydrogen-bond acceptors (Lipinski definition) is 4. The van der Waals surface area contributed by atoms with Crippen LogP contribution in [0.15, 0.2) is 16.9 Å². The summed E-state index contributed by atoms with van der Waals surface area (Å²) in [5, 5.41) is 0. The highest BCUT2D eigenvalue weighted by Gasteiger charge is 2.46. The van der Waals surface area contributed by atoms with E-state index in [2.05, 4.69) is 44.6 Å². The summed E-state index contributed by atoms with van der Waals surface area (Å²) in [7, 11) is 0. The second kappa shape index (κ2) is 4.70. The van der Waals surface area contributed by atoms with Crippen LogP contribution in [0.2, 0.25) is 0 Å². The van der Waals surface area contributed by atoms with E-state index in [1.54, 1.807) is 0 Å². The smallest absolute Gasteiger partial charge is 0.225 e. The van der Waals surface area contributed by atoms with E-state index in [1.807, 2.05) is 12.4 Å². The van der Waals surface area contributed by atoms with Gasteiger partial charge in [0.25, 0.3) is 0 Å². The van der Waals surface area contributed by atoms with Gasteiger partial charge < -0.3 is 9.64 Å². The van der Waals surface area contributed by atoms with Crippen LogP contribution in [0.25, 0.3) is 0 Å². The summed E-state index contributed by atoms with van der Waals surface area (Å²) >= 11 is 3.38. The molecule has 1 aromatic rings. The molecule has 0 unspecified atom stereocenters. The summed E-state index contributed by atoms with van der Waals surface area (Å²) in [5.41, 5.74) is -0.128. The van der Waals surface area contributed by atoms with Gasteiger partial charge in [-0.25, -0.2) is 9.97 Å². The summed E-state index contributed by atoms with van der Waals surface area (Å²) in [6, 6.07) is 0. The lowest BCUT2D eigenvalue weighted by molar-refractivity contribution is -0.148. The molecular formula is C14H20BrN3O. The fourth-order valence-electron chi connectivity index (χ4n) is 3.40. The van der Waals surface area contributed by atoms with E-state index in [0.717, 1.165) is 36.4 Å². The molecule has 2 heterocycles. The Balaban J connectivity index is 1.86. The molecule has 19 heavy (non-hydrogen) atoms. The second-order valence-electron chi connectivity index (χ2n) is 6.31. The Hall–Kier alpha value is -0.680. The average molecular weight is 326 g/mol. The number of anilines is 1. The molecule has 4 nitrogen and oxygen atoms in total. The van der Waals surface area contributed by atoms with Crippen molar-refractivity contribution < 1.29 is 4.74 Å². The van der Waals surface area contributed by atoms with Crippen LogP contribution in [-0.4, -0.2) is 34.3 Å². The number of halogens is 1. The zero-order valence-electron chi connectivity index (χ0n) is 11.5. The standard InChI is InChI=1S/C14H20BrN3O/c1-13(2)9-18(12-16-7-11(15)8-17-12)10-14(19-13)5-3-4-6-14/h7-8H,3-6,9-10H2,1-2H3. The van der Waals surface area contributed by atoms with Crippen molar-refractivity contribution in [3.05, 3.63) is 16.9 Å². The summed E-state index contributed by atoms with van der Waals surface area (Å²) < 4.78 is 7.31. The molecule has 1 aliphatic heterocycles. The Bertz CT molecular complexity index is 454. The minimum absolute atomic E-state index is 0.0121. The van der Waals surface area contributed by atoms with Crippen molar-refractivity contribution in [2.24, 2.45) is 0 Å². The van der Waals surface area contributed by atoms with Crippen LogP contribution >= 0.6 is 15.9 Å². The predicted molar refractivity (Wildman–Crippen MR) is 78.3 cm³/mol. The van der Waals surface area contributed by atoms with Crippen LogP contribution < -0.4 is 4.90 Å². The number of ether oxygens (including phenoxy) is 1. The first kappa shape index (κ1) is 13.3. The number of hydrogen-bond donors (Lipinski definition) is 0. The van der Waals surface area contributed by atoms with Gasteiger partial charge in [-0.2, -0.15) is 0 Å². The van der Waals surface area contributed by atoms with Gasteiger partial charge in [0.1, 0.15) is 0 Å². The van der Waals surface area contributed by atoms with E-state index in [4.69, 9.17) is 4.74 Å². The fraction of sp³-hybridized carbons (Fsp3) is 0.714. The van der Waals surface area contributed by atoms with Gasteiger partial charge >= 0.3 is 0 Å². The molecule has 1 aromatic heterocycles. The molecule has 0 aromatic carbocycles. The third kappa shape index (κ3) is 2.77. The fourth-order valence-corrected chi connectivity index (χ4v) is 3.61. The number of aromatic nitrogens is 2. The molecule has 1 saturated carbocycles. The van der Waals surface area contributed by atoms with Gasteiger partial charge in [0.15, 0.2) is 0 Å². The van der Waals surface area contributed by atoms with Crippen molar-refractivity contribution in [3.8, 4) is 0 Å². The molecule has 1 aliphatic carbocycles. The first-order chi connectivity index (χ1) is 8.98. The minimum atomic E-state index is -0.140. The molecule has 0 bridgehead atoms. The van der Waals surface area contributed by atoms with Crippen LogP contribution in [0.5, 0.6) is 0 Å². The number of morpholine rings is 1. The van der Waals surface area contributed by atoms with Crippen molar-refractivity contribution in [2.75, 3.05) is 18.0 Å². The summed E-state index contributed by atoms with van der Waals surface area (Å²) in [4.78, 5) is 11.1. The molecule has 0 radical (unpaired) electrons. The van der Waals surface area contributed by atoms with E-state index in [0.29, 0.717) is 0 Å². The first-order valence-electron chi connectivity index (χ1n) is 6.91.